The largest absolute Gasteiger partial charge is 0.378 e. The summed E-state index contributed by atoms with van der Waals surface area (Å²) in [5.74, 6) is -0.413. The van der Waals surface area contributed by atoms with Gasteiger partial charge in [-0.1, -0.05) is 6.07 Å². The molecule has 3 fully saturated rings. The highest BCUT2D eigenvalue weighted by molar-refractivity contribution is 6.23. The van der Waals surface area contributed by atoms with E-state index in [1.807, 2.05) is 17.0 Å². The van der Waals surface area contributed by atoms with Crippen LogP contribution in [0.3, 0.4) is 0 Å². The van der Waals surface area contributed by atoms with Crippen LogP contribution in [0.2, 0.25) is 0 Å². The fourth-order valence-corrected chi connectivity index (χ4v) is 5.18. The molecule has 166 valence electrons. The summed E-state index contributed by atoms with van der Waals surface area (Å²) in [7, 11) is 0. The van der Waals surface area contributed by atoms with E-state index in [0.717, 1.165) is 37.9 Å². The third kappa shape index (κ3) is 3.83. The quantitative estimate of drug-likeness (QED) is 0.679. The number of benzene rings is 1. The highest BCUT2D eigenvalue weighted by Crippen LogP contribution is 2.35. The Kier molecular flexibility index (Phi) is 5.67. The summed E-state index contributed by atoms with van der Waals surface area (Å²) in [6.45, 7) is 4.80. The summed E-state index contributed by atoms with van der Waals surface area (Å²) in [4.78, 5) is 44.6. The SMILES string of the molecule is O=C([C@H]1CCCN(c2cccc3c2C(=O)N(C[C@@H]2CCCO2)C3=O)C1)N1CCOCC1. The van der Waals surface area contributed by atoms with Crippen molar-refractivity contribution in [1.82, 2.24) is 9.80 Å². The van der Waals surface area contributed by atoms with Gasteiger partial charge in [-0.05, 0) is 37.8 Å². The van der Waals surface area contributed by atoms with Gasteiger partial charge in [0.25, 0.3) is 11.8 Å². The van der Waals surface area contributed by atoms with Gasteiger partial charge in [-0.25, -0.2) is 0 Å². The molecule has 8 nitrogen and oxygen atoms in total. The molecule has 3 saturated heterocycles. The molecule has 0 saturated carbocycles. The molecule has 8 heteroatoms. The Balaban J connectivity index is 1.35. The molecular formula is C23H29N3O5. The molecule has 4 aliphatic heterocycles. The van der Waals surface area contributed by atoms with E-state index in [4.69, 9.17) is 9.47 Å². The lowest BCUT2D eigenvalue weighted by Crippen LogP contribution is -2.48. The molecule has 0 bridgehead atoms. The van der Waals surface area contributed by atoms with Gasteiger partial charge in [0, 0.05) is 32.8 Å². The molecule has 5 rings (SSSR count). The third-order valence-corrected chi connectivity index (χ3v) is 6.82. The second kappa shape index (κ2) is 8.59. The van der Waals surface area contributed by atoms with Gasteiger partial charge in [-0.2, -0.15) is 0 Å². The summed E-state index contributed by atoms with van der Waals surface area (Å²) in [6, 6.07) is 5.47. The van der Waals surface area contributed by atoms with E-state index in [-0.39, 0.29) is 29.7 Å². The number of anilines is 1. The first-order chi connectivity index (χ1) is 15.1. The predicted octanol–water partition coefficient (Wildman–Crippen LogP) is 1.54. The number of rotatable bonds is 4. The lowest BCUT2D eigenvalue weighted by atomic mass is 9.94. The number of hydrogen-bond donors (Lipinski definition) is 0. The van der Waals surface area contributed by atoms with E-state index in [2.05, 4.69) is 4.90 Å². The fraction of sp³-hybridized carbons (Fsp3) is 0.609. The Bertz CT molecular complexity index is 876. The maximum Gasteiger partial charge on any atom is 0.263 e. The zero-order valence-corrected chi connectivity index (χ0v) is 17.8. The number of morpholine rings is 1. The maximum atomic E-state index is 13.3. The van der Waals surface area contributed by atoms with E-state index in [1.165, 1.54) is 4.90 Å². The second-order valence-corrected chi connectivity index (χ2v) is 8.78. The monoisotopic (exact) mass is 427 g/mol. The standard InChI is InChI=1S/C23H29N3O5/c27-21(24-9-12-30-13-10-24)16-4-2-8-25(14-16)19-7-1-6-18-20(19)23(29)26(22(18)28)15-17-5-3-11-31-17/h1,6-7,16-17H,2-5,8-15H2/t16-,17-/m0/s1. The van der Waals surface area contributed by atoms with Gasteiger partial charge in [-0.3, -0.25) is 19.3 Å². The zero-order chi connectivity index (χ0) is 21.4. The minimum Gasteiger partial charge on any atom is -0.378 e. The molecule has 1 aromatic rings. The Labute approximate surface area is 182 Å². The van der Waals surface area contributed by atoms with Gasteiger partial charge in [0.2, 0.25) is 5.91 Å². The molecule has 3 amide bonds. The molecule has 0 spiro atoms. The van der Waals surface area contributed by atoms with E-state index in [0.29, 0.717) is 57.1 Å². The Morgan fingerprint density at radius 3 is 2.61 bits per heavy atom. The molecule has 4 heterocycles. The van der Waals surface area contributed by atoms with Gasteiger partial charge < -0.3 is 19.3 Å². The molecule has 2 atom stereocenters. The first kappa shape index (κ1) is 20.5. The highest BCUT2D eigenvalue weighted by atomic mass is 16.5. The number of hydrogen-bond acceptors (Lipinski definition) is 6. The van der Waals surface area contributed by atoms with E-state index in [9.17, 15) is 14.4 Å². The van der Waals surface area contributed by atoms with Crippen LogP contribution in [-0.4, -0.2) is 86.2 Å². The topological polar surface area (TPSA) is 79.4 Å². The average Bonchev–Trinajstić information content (AvgIpc) is 3.42. The van der Waals surface area contributed by atoms with Crippen molar-refractivity contribution >= 4 is 23.4 Å². The average molecular weight is 428 g/mol. The van der Waals surface area contributed by atoms with Crippen LogP contribution in [0, 0.1) is 5.92 Å². The molecule has 4 aliphatic rings. The van der Waals surface area contributed by atoms with Crippen molar-refractivity contribution in [1.29, 1.82) is 0 Å². The predicted molar refractivity (Wildman–Crippen MR) is 113 cm³/mol. The Morgan fingerprint density at radius 1 is 1.00 bits per heavy atom. The Hall–Kier alpha value is -2.45. The summed E-state index contributed by atoms with van der Waals surface area (Å²) in [5.41, 5.74) is 1.71. The normalized spacial score (nSPS) is 26.5. The number of amides is 3. The number of carbonyl (C=O) groups excluding carboxylic acids is 3. The van der Waals surface area contributed by atoms with Crippen LogP contribution >= 0.6 is 0 Å². The van der Waals surface area contributed by atoms with Crippen LogP contribution in [0.15, 0.2) is 18.2 Å². The second-order valence-electron chi connectivity index (χ2n) is 8.78. The molecule has 0 radical (unpaired) electrons. The van der Waals surface area contributed by atoms with Crippen LogP contribution in [-0.2, 0) is 14.3 Å². The third-order valence-electron chi connectivity index (χ3n) is 6.82. The minimum absolute atomic E-state index is 0.0730. The van der Waals surface area contributed by atoms with Crippen molar-refractivity contribution in [2.24, 2.45) is 5.92 Å². The van der Waals surface area contributed by atoms with Crippen molar-refractivity contribution < 1.29 is 23.9 Å². The summed E-state index contributed by atoms with van der Waals surface area (Å²) < 4.78 is 11.0. The molecule has 31 heavy (non-hydrogen) atoms. The van der Waals surface area contributed by atoms with Crippen LogP contribution in [0.5, 0.6) is 0 Å². The maximum absolute atomic E-state index is 13.3. The summed E-state index contributed by atoms with van der Waals surface area (Å²) >= 11 is 0. The van der Waals surface area contributed by atoms with E-state index >= 15 is 0 Å². The van der Waals surface area contributed by atoms with E-state index in [1.54, 1.807) is 6.07 Å². The van der Waals surface area contributed by atoms with Crippen LogP contribution in [0.4, 0.5) is 5.69 Å². The number of carbonyl (C=O) groups is 3. The number of ether oxygens (including phenoxy) is 2. The van der Waals surface area contributed by atoms with Crippen molar-refractivity contribution in [3.05, 3.63) is 29.3 Å². The van der Waals surface area contributed by atoms with E-state index < -0.39 is 0 Å². The van der Waals surface area contributed by atoms with Gasteiger partial charge in [-0.15, -0.1) is 0 Å². The lowest BCUT2D eigenvalue weighted by Gasteiger charge is -2.37. The lowest BCUT2D eigenvalue weighted by molar-refractivity contribution is -0.139. The first-order valence-electron chi connectivity index (χ1n) is 11.4. The number of imide groups is 1. The van der Waals surface area contributed by atoms with Crippen LogP contribution < -0.4 is 4.90 Å². The minimum atomic E-state index is -0.243. The van der Waals surface area contributed by atoms with Crippen molar-refractivity contribution in [2.75, 3.05) is 57.4 Å². The van der Waals surface area contributed by atoms with Crippen molar-refractivity contribution in [3.8, 4) is 0 Å². The van der Waals surface area contributed by atoms with Crippen LogP contribution in [0.1, 0.15) is 46.4 Å². The highest BCUT2D eigenvalue weighted by Gasteiger charge is 2.41. The molecule has 0 aromatic heterocycles. The fourth-order valence-electron chi connectivity index (χ4n) is 5.18. The molecular weight excluding hydrogens is 398 g/mol. The Morgan fingerprint density at radius 2 is 1.84 bits per heavy atom. The molecule has 1 aromatic carbocycles. The van der Waals surface area contributed by atoms with Crippen LogP contribution in [0.25, 0.3) is 0 Å². The first-order valence-corrected chi connectivity index (χ1v) is 11.4. The van der Waals surface area contributed by atoms with Gasteiger partial charge in [0.1, 0.15) is 0 Å². The van der Waals surface area contributed by atoms with Gasteiger partial charge >= 0.3 is 0 Å². The molecule has 0 unspecified atom stereocenters. The number of piperidine rings is 1. The molecule has 0 aliphatic carbocycles. The smallest absolute Gasteiger partial charge is 0.263 e. The van der Waals surface area contributed by atoms with Gasteiger partial charge in [0.15, 0.2) is 0 Å². The number of fused-ring (bicyclic) bond motifs is 1. The summed E-state index contributed by atoms with van der Waals surface area (Å²) in [5, 5.41) is 0. The molecule has 0 N–H and O–H groups in total. The summed E-state index contributed by atoms with van der Waals surface area (Å²) in [6.07, 6.45) is 3.49. The zero-order valence-electron chi connectivity index (χ0n) is 17.8. The van der Waals surface area contributed by atoms with Crippen molar-refractivity contribution in [3.63, 3.8) is 0 Å². The number of nitrogens with zero attached hydrogens (tertiary/aromatic N) is 3. The van der Waals surface area contributed by atoms with Crippen molar-refractivity contribution in [2.45, 2.75) is 31.8 Å². The van der Waals surface area contributed by atoms with Gasteiger partial charge in [0.05, 0.1) is 48.6 Å².